The number of likely N-dealkylation sites (N-methyl/N-ethyl adjacent to an activating group) is 2. The zero-order valence-electron chi connectivity index (χ0n) is 15.4. The molecule has 1 aromatic carbocycles. The summed E-state index contributed by atoms with van der Waals surface area (Å²) in [5, 5.41) is 6.18. The maximum atomic E-state index is 12.2. The average molecular weight is 342 g/mol. The number of hydrogen-bond acceptors (Lipinski definition) is 3. The molecule has 1 heterocycles. The molecular weight excluding hydrogens is 312 g/mol. The molecule has 2 fully saturated rings. The van der Waals surface area contributed by atoms with Crippen molar-refractivity contribution < 1.29 is 4.79 Å². The summed E-state index contributed by atoms with van der Waals surface area (Å²) in [6.45, 7) is 4.68. The maximum Gasteiger partial charge on any atom is 0.314 e. The van der Waals surface area contributed by atoms with E-state index < -0.39 is 0 Å². The van der Waals surface area contributed by atoms with Gasteiger partial charge in [0.2, 0.25) is 0 Å². The molecule has 5 nitrogen and oxygen atoms in total. The van der Waals surface area contributed by atoms with Gasteiger partial charge in [-0.2, -0.15) is 0 Å². The molecule has 2 N–H and O–H groups in total. The normalized spacial score (nSPS) is 31.8. The number of nitrogens with zero attached hydrogens (tertiary/aromatic N) is 2. The van der Waals surface area contributed by atoms with Crippen molar-refractivity contribution in [3.05, 3.63) is 35.4 Å². The molecule has 3 atom stereocenters. The summed E-state index contributed by atoms with van der Waals surface area (Å²) >= 11 is 0. The summed E-state index contributed by atoms with van der Waals surface area (Å²) in [5.41, 5.74) is 3.41. The van der Waals surface area contributed by atoms with Crippen molar-refractivity contribution in [1.29, 1.82) is 0 Å². The molecule has 136 valence electrons. The van der Waals surface area contributed by atoms with Gasteiger partial charge < -0.3 is 15.5 Å². The van der Waals surface area contributed by atoms with Crippen LogP contribution in [0, 0.1) is 5.92 Å². The summed E-state index contributed by atoms with van der Waals surface area (Å²) in [4.78, 5) is 16.9. The fourth-order valence-electron chi connectivity index (χ4n) is 4.81. The number of nitrogens with one attached hydrogen (secondary N) is 2. The van der Waals surface area contributed by atoms with Crippen LogP contribution in [0.3, 0.4) is 0 Å². The van der Waals surface area contributed by atoms with E-state index in [9.17, 15) is 4.79 Å². The van der Waals surface area contributed by atoms with Crippen LogP contribution < -0.4 is 10.6 Å². The minimum atomic E-state index is -0.0186. The fraction of sp³-hybridized carbons (Fsp3) is 0.650. The molecule has 1 spiro atoms. The summed E-state index contributed by atoms with van der Waals surface area (Å²) in [6.07, 6.45) is 3.67. The molecule has 1 aliphatic heterocycles. The number of fused-ring (bicyclic) bond motifs is 2. The van der Waals surface area contributed by atoms with Crippen LogP contribution in [0.2, 0.25) is 0 Å². The number of piperazine rings is 1. The summed E-state index contributed by atoms with van der Waals surface area (Å²) in [6, 6.07) is 9.22. The molecule has 0 radical (unpaired) electrons. The summed E-state index contributed by atoms with van der Waals surface area (Å²) in [7, 11) is 4.29. The molecule has 25 heavy (non-hydrogen) atoms. The van der Waals surface area contributed by atoms with E-state index >= 15 is 0 Å². The van der Waals surface area contributed by atoms with Crippen molar-refractivity contribution in [3.8, 4) is 0 Å². The second kappa shape index (κ2) is 6.61. The van der Waals surface area contributed by atoms with E-state index in [1.54, 1.807) is 0 Å². The number of urea groups is 1. The monoisotopic (exact) mass is 342 g/mol. The molecule has 1 saturated carbocycles. The molecule has 0 aromatic heterocycles. The first kappa shape index (κ1) is 16.9. The van der Waals surface area contributed by atoms with Crippen molar-refractivity contribution in [3.63, 3.8) is 0 Å². The molecular formula is C20H30N4O. The van der Waals surface area contributed by atoms with Gasteiger partial charge in [0, 0.05) is 44.2 Å². The third-order valence-electron chi connectivity index (χ3n) is 6.61. The van der Waals surface area contributed by atoms with Gasteiger partial charge >= 0.3 is 6.03 Å². The Morgan fingerprint density at radius 3 is 2.88 bits per heavy atom. The van der Waals surface area contributed by atoms with Gasteiger partial charge in [0.25, 0.3) is 0 Å². The molecule has 1 aromatic rings. The number of rotatable bonds is 4. The Kier molecular flexibility index (Phi) is 4.46. The number of carbonyl (C=O) groups excluding carboxylic acids is 1. The average Bonchev–Trinajstić information content (AvgIpc) is 3.20. The molecule has 5 heteroatoms. The highest BCUT2D eigenvalue weighted by Gasteiger charge is 2.57. The van der Waals surface area contributed by atoms with Crippen molar-refractivity contribution in [2.75, 3.05) is 46.8 Å². The zero-order valence-corrected chi connectivity index (χ0v) is 15.4. The third-order valence-corrected chi connectivity index (χ3v) is 6.61. The van der Waals surface area contributed by atoms with Crippen LogP contribution in [0.25, 0.3) is 0 Å². The Morgan fingerprint density at radius 1 is 1.20 bits per heavy atom. The predicted octanol–water partition coefficient (Wildman–Crippen LogP) is 1.44. The minimum absolute atomic E-state index is 0.0186. The molecule has 0 unspecified atom stereocenters. The number of carbonyl (C=O) groups is 1. The van der Waals surface area contributed by atoms with Gasteiger partial charge in [0.15, 0.2) is 0 Å². The van der Waals surface area contributed by atoms with E-state index in [-0.39, 0.29) is 6.03 Å². The zero-order chi connectivity index (χ0) is 17.4. The first-order valence-electron chi connectivity index (χ1n) is 9.57. The van der Waals surface area contributed by atoms with Crippen molar-refractivity contribution in [2.45, 2.75) is 30.7 Å². The van der Waals surface area contributed by atoms with Crippen LogP contribution in [0.5, 0.6) is 0 Å². The Hall–Kier alpha value is -1.59. The first-order chi connectivity index (χ1) is 12.1. The lowest BCUT2D eigenvalue weighted by Crippen LogP contribution is -2.55. The van der Waals surface area contributed by atoms with Crippen LogP contribution >= 0.6 is 0 Å². The number of benzene rings is 1. The molecule has 3 aliphatic rings. The topological polar surface area (TPSA) is 47.6 Å². The van der Waals surface area contributed by atoms with Gasteiger partial charge in [-0.05, 0) is 50.4 Å². The van der Waals surface area contributed by atoms with Crippen molar-refractivity contribution in [1.82, 2.24) is 20.4 Å². The van der Waals surface area contributed by atoms with E-state index in [4.69, 9.17) is 0 Å². The van der Waals surface area contributed by atoms with Gasteiger partial charge in [-0.1, -0.05) is 24.3 Å². The Labute approximate surface area is 150 Å². The van der Waals surface area contributed by atoms with Gasteiger partial charge in [-0.25, -0.2) is 4.79 Å². The molecule has 2 aliphatic carbocycles. The number of aryl methyl sites for hydroxylation is 1. The highest BCUT2D eigenvalue weighted by Crippen LogP contribution is 2.61. The molecule has 4 rings (SSSR count). The SMILES string of the molecule is CN1CCN(C)[C@H](CNC(=O)NC[C@H]2C[C@@]23CCc2ccccc23)C1. The largest absolute Gasteiger partial charge is 0.338 e. The highest BCUT2D eigenvalue weighted by molar-refractivity contribution is 5.74. The Bertz CT molecular complexity index is 648. The maximum absolute atomic E-state index is 12.2. The third kappa shape index (κ3) is 3.27. The van der Waals surface area contributed by atoms with Gasteiger partial charge in [-0.15, -0.1) is 0 Å². The highest BCUT2D eigenvalue weighted by atomic mass is 16.2. The molecule has 2 amide bonds. The minimum Gasteiger partial charge on any atom is -0.338 e. The van der Waals surface area contributed by atoms with E-state index in [0.29, 0.717) is 23.9 Å². The Morgan fingerprint density at radius 2 is 2.00 bits per heavy atom. The van der Waals surface area contributed by atoms with Crippen LogP contribution in [-0.4, -0.2) is 68.7 Å². The predicted molar refractivity (Wildman–Crippen MR) is 99.9 cm³/mol. The van der Waals surface area contributed by atoms with Crippen LogP contribution in [0.4, 0.5) is 4.79 Å². The quantitative estimate of drug-likeness (QED) is 0.870. The molecule has 1 saturated heterocycles. The van der Waals surface area contributed by atoms with Crippen LogP contribution in [0.1, 0.15) is 24.0 Å². The first-order valence-corrected chi connectivity index (χ1v) is 9.57. The van der Waals surface area contributed by atoms with Gasteiger partial charge in [0.1, 0.15) is 0 Å². The van der Waals surface area contributed by atoms with Crippen molar-refractivity contribution in [2.24, 2.45) is 5.92 Å². The van der Waals surface area contributed by atoms with E-state index in [2.05, 4.69) is 58.8 Å². The lowest BCUT2D eigenvalue weighted by molar-refractivity contribution is 0.114. The summed E-state index contributed by atoms with van der Waals surface area (Å²) in [5.74, 6) is 0.602. The van der Waals surface area contributed by atoms with E-state index in [1.165, 1.54) is 30.4 Å². The van der Waals surface area contributed by atoms with Gasteiger partial charge in [-0.3, -0.25) is 4.90 Å². The van der Waals surface area contributed by atoms with E-state index in [0.717, 1.165) is 26.2 Å². The van der Waals surface area contributed by atoms with E-state index in [1.807, 2.05) is 0 Å². The summed E-state index contributed by atoms with van der Waals surface area (Å²) < 4.78 is 0. The second-order valence-corrected chi connectivity index (χ2v) is 8.20. The van der Waals surface area contributed by atoms with Crippen LogP contribution in [0.15, 0.2) is 24.3 Å². The Balaban J connectivity index is 1.23. The number of amides is 2. The van der Waals surface area contributed by atoms with Crippen LogP contribution in [-0.2, 0) is 11.8 Å². The lowest BCUT2D eigenvalue weighted by atomic mass is 9.95. The van der Waals surface area contributed by atoms with Crippen molar-refractivity contribution >= 4 is 6.03 Å². The fourth-order valence-corrected chi connectivity index (χ4v) is 4.81. The number of hydrogen-bond donors (Lipinski definition) is 2. The standard InChI is InChI=1S/C20H30N4O/c1-23-9-10-24(2)17(14-23)13-22-19(25)21-12-16-11-20(16)8-7-15-5-3-4-6-18(15)20/h3-6,16-17H,7-14H2,1-2H3,(H2,21,22,25)/t16-,17-,20+/m1/s1. The smallest absolute Gasteiger partial charge is 0.314 e. The van der Waals surface area contributed by atoms with Gasteiger partial charge in [0.05, 0.1) is 0 Å². The lowest BCUT2D eigenvalue weighted by Gasteiger charge is -2.37. The second-order valence-electron chi connectivity index (χ2n) is 8.20. The molecule has 0 bridgehead atoms.